The molecule has 4 atom stereocenters. The van der Waals surface area contributed by atoms with Crippen molar-refractivity contribution in [2.24, 2.45) is 0 Å². The molecule has 0 aromatic heterocycles. The molecule has 0 aliphatic carbocycles. The molecule has 7 nitrogen and oxygen atoms in total. The molecule has 1 saturated heterocycles. The number of rotatable bonds is 3. The molecule has 1 aliphatic rings. The maximum absolute atomic E-state index is 11.5. The van der Waals surface area contributed by atoms with Gasteiger partial charge >= 0.3 is 11.9 Å². The van der Waals surface area contributed by atoms with E-state index in [-0.39, 0.29) is 13.2 Å². The summed E-state index contributed by atoms with van der Waals surface area (Å²) in [7, 11) is 0. The molecule has 0 saturated carbocycles. The lowest BCUT2D eigenvalue weighted by molar-refractivity contribution is -0.216. The van der Waals surface area contributed by atoms with E-state index in [4.69, 9.17) is 14.2 Å². The first-order valence-corrected chi connectivity index (χ1v) is 5.29. The van der Waals surface area contributed by atoms with Gasteiger partial charge in [0.1, 0.15) is 12.2 Å². The number of aliphatic hydroxyl groups is 2. The average Bonchev–Trinajstić information content (AvgIpc) is 2.24. The molecule has 0 aromatic rings. The highest BCUT2D eigenvalue weighted by atomic mass is 16.6. The number of hydrogen-bond acceptors (Lipinski definition) is 7. The Morgan fingerprint density at radius 1 is 1.41 bits per heavy atom. The van der Waals surface area contributed by atoms with Crippen molar-refractivity contribution in [2.45, 2.75) is 38.3 Å². The summed E-state index contributed by atoms with van der Waals surface area (Å²) >= 11 is 0. The molecule has 0 bridgehead atoms. The van der Waals surface area contributed by atoms with Crippen LogP contribution in [0, 0.1) is 0 Å². The smallest absolute Gasteiger partial charge is 0.339 e. The van der Waals surface area contributed by atoms with Gasteiger partial charge in [0.05, 0.1) is 13.2 Å². The molecule has 0 amide bonds. The third-order valence-electron chi connectivity index (χ3n) is 2.30. The van der Waals surface area contributed by atoms with Crippen molar-refractivity contribution in [3.63, 3.8) is 0 Å². The maximum atomic E-state index is 11.5. The van der Waals surface area contributed by atoms with E-state index in [0.29, 0.717) is 0 Å². The topological polar surface area (TPSA) is 102 Å². The van der Waals surface area contributed by atoms with Crippen LogP contribution in [-0.4, -0.2) is 59.8 Å². The third kappa shape index (κ3) is 3.39. The molecule has 1 heterocycles. The van der Waals surface area contributed by atoms with Crippen LogP contribution < -0.4 is 0 Å². The zero-order valence-electron chi connectivity index (χ0n) is 9.66. The lowest BCUT2D eigenvalue weighted by Gasteiger charge is -2.35. The van der Waals surface area contributed by atoms with Crippen molar-refractivity contribution in [1.82, 2.24) is 0 Å². The molecule has 1 unspecified atom stereocenters. The fraction of sp³-hybridized carbons (Fsp3) is 0.800. The molecule has 1 rings (SSSR count). The highest BCUT2D eigenvalue weighted by Crippen LogP contribution is 2.20. The fourth-order valence-electron chi connectivity index (χ4n) is 1.54. The standard InChI is InChI=1S/C10H16O7/c1-3-15-10(14)9-8(17-5(2)11)7(13)6(12)4-16-9/h6-9,12-13H,3-4H2,1-2H3/t6?,7-,8-,9-/m0/s1. The van der Waals surface area contributed by atoms with Gasteiger partial charge in [0.15, 0.2) is 12.2 Å². The lowest BCUT2D eigenvalue weighted by Crippen LogP contribution is -2.57. The van der Waals surface area contributed by atoms with Crippen LogP contribution in [-0.2, 0) is 23.8 Å². The number of carbonyl (C=O) groups is 2. The second-order valence-electron chi connectivity index (χ2n) is 3.64. The van der Waals surface area contributed by atoms with E-state index in [0.717, 1.165) is 6.92 Å². The quantitative estimate of drug-likeness (QED) is 0.592. The van der Waals surface area contributed by atoms with Crippen LogP contribution in [0.3, 0.4) is 0 Å². The Morgan fingerprint density at radius 2 is 2.06 bits per heavy atom. The Labute approximate surface area is 98.3 Å². The minimum absolute atomic E-state index is 0.143. The molecule has 1 fully saturated rings. The highest BCUT2D eigenvalue weighted by molar-refractivity contribution is 5.76. The second kappa shape index (κ2) is 5.95. The number of hydrogen-bond donors (Lipinski definition) is 2. The first-order chi connectivity index (χ1) is 7.97. The van der Waals surface area contributed by atoms with Crippen LogP contribution in [0.2, 0.25) is 0 Å². The van der Waals surface area contributed by atoms with E-state index in [1.807, 2.05) is 0 Å². The summed E-state index contributed by atoms with van der Waals surface area (Å²) < 4.78 is 14.5. The molecular weight excluding hydrogens is 232 g/mol. The van der Waals surface area contributed by atoms with Gasteiger partial charge in [0.2, 0.25) is 0 Å². The third-order valence-corrected chi connectivity index (χ3v) is 2.30. The molecule has 0 radical (unpaired) electrons. The fourth-order valence-corrected chi connectivity index (χ4v) is 1.54. The van der Waals surface area contributed by atoms with E-state index in [9.17, 15) is 19.8 Å². The first-order valence-electron chi connectivity index (χ1n) is 5.29. The number of ether oxygens (including phenoxy) is 3. The van der Waals surface area contributed by atoms with Gasteiger partial charge in [-0.2, -0.15) is 0 Å². The van der Waals surface area contributed by atoms with E-state index in [1.54, 1.807) is 6.92 Å². The Morgan fingerprint density at radius 3 is 2.59 bits per heavy atom. The summed E-state index contributed by atoms with van der Waals surface area (Å²) in [5.41, 5.74) is 0. The van der Waals surface area contributed by atoms with Crippen LogP contribution in [0.5, 0.6) is 0 Å². The second-order valence-corrected chi connectivity index (χ2v) is 3.64. The zero-order valence-corrected chi connectivity index (χ0v) is 9.66. The normalized spacial score (nSPS) is 32.9. The van der Waals surface area contributed by atoms with Crippen molar-refractivity contribution < 1.29 is 34.0 Å². The minimum Gasteiger partial charge on any atom is -0.464 e. The van der Waals surface area contributed by atoms with Crippen molar-refractivity contribution in [2.75, 3.05) is 13.2 Å². The molecular formula is C10H16O7. The maximum Gasteiger partial charge on any atom is 0.339 e. The SMILES string of the molecule is CCOC(=O)[C@H]1OCC(O)[C@H](O)[C@@H]1OC(C)=O. The summed E-state index contributed by atoms with van der Waals surface area (Å²) in [4.78, 5) is 22.4. The lowest BCUT2D eigenvalue weighted by atomic mass is 10.00. The molecule has 1 aliphatic heterocycles. The summed E-state index contributed by atoms with van der Waals surface area (Å²) in [6.07, 6.45) is -5.04. The number of esters is 2. The molecule has 7 heteroatoms. The van der Waals surface area contributed by atoms with Crippen molar-refractivity contribution >= 4 is 11.9 Å². The van der Waals surface area contributed by atoms with Crippen molar-refractivity contribution in [1.29, 1.82) is 0 Å². The van der Waals surface area contributed by atoms with Gasteiger partial charge in [-0.05, 0) is 6.92 Å². The summed E-state index contributed by atoms with van der Waals surface area (Å²) in [5.74, 6) is -1.41. The Bertz CT molecular complexity index is 290. The summed E-state index contributed by atoms with van der Waals surface area (Å²) in [5, 5.41) is 19.0. The summed E-state index contributed by atoms with van der Waals surface area (Å²) in [6.45, 7) is 2.68. The van der Waals surface area contributed by atoms with E-state index < -0.39 is 36.4 Å². The van der Waals surface area contributed by atoms with E-state index in [1.165, 1.54) is 0 Å². The van der Waals surface area contributed by atoms with Crippen molar-refractivity contribution in [3.05, 3.63) is 0 Å². The largest absolute Gasteiger partial charge is 0.464 e. The van der Waals surface area contributed by atoms with Crippen molar-refractivity contribution in [3.8, 4) is 0 Å². The minimum atomic E-state index is -1.37. The van der Waals surface area contributed by atoms with Gasteiger partial charge in [0.25, 0.3) is 0 Å². The number of carbonyl (C=O) groups excluding carboxylic acids is 2. The molecule has 0 aromatic carbocycles. The van der Waals surface area contributed by atoms with Gasteiger partial charge in [-0.3, -0.25) is 4.79 Å². The highest BCUT2D eigenvalue weighted by Gasteiger charge is 2.45. The van der Waals surface area contributed by atoms with Crippen LogP contribution in [0.15, 0.2) is 0 Å². The predicted octanol–water partition coefficient (Wildman–Crippen LogP) is -1.40. The average molecular weight is 248 g/mol. The van der Waals surface area contributed by atoms with Gasteiger partial charge in [0, 0.05) is 6.92 Å². The molecule has 17 heavy (non-hydrogen) atoms. The molecule has 0 spiro atoms. The monoisotopic (exact) mass is 248 g/mol. The van der Waals surface area contributed by atoms with Gasteiger partial charge < -0.3 is 24.4 Å². The summed E-state index contributed by atoms with van der Waals surface area (Å²) in [6, 6.07) is 0. The van der Waals surface area contributed by atoms with Gasteiger partial charge in [-0.15, -0.1) is 0 Å². The first kappa shape index (κ1) is 13.9. The molecule has 2 N–H and O–H groups in total. The van der Waals surface area contributed by atoms with Gasteiger partial charge in [-0.1, -0.05) is 0 Å². The Balaban J connectivity index is 2.78. The van der Waals surface area contributed by atoms with E-state index in [2.05, 4.69) is 0 Å². The van der Waals surface area contributed by atoms with E-state index >= 15 is 0 Å². The predicted molar refractivity (Wildman–Crippen MR) is 53.9 cm³/mol. The van der Waals surface area contributed by atoms with Crippen LogP contribution >= 0.6 is 0 Å². The Hall–Kier alpha value is -1.18. The number of aliphatic hydroxyl groups excluding tert-OH is 2. The van der Waals surface area contributed by atoms with Crippen LogP contribution in [0.4, 0.5) is 0 Å². The molecule has 98 valence electrons. The zero-order chi connectivity index (χ0) is 13.0. The van der Waals surface area contributed by atoms with Gasteiger partial charge in [-0.25, -0.2) is 4.79 Å². The van der Waals surface area contributed by atoms with Crippen LogP contribution in [0.25, 0.3) is 0 Å². The van der Waals surface area contributed by atoms with Crippen LogP contribution in [0.1, 0.15) is 13.8 Å². The Kier molecular flexibility index (Phi) is 4.86.